The molecule has 0 aliphatic carbocycles. The molecule has 1 N–H and O–H groups in total. The molecule has 1 aromatic rings. The summed E-state index contributed by atoms with van der Waals surface area (Å²) in [7, 11) is 1.99. The van der Waals surface area contributed by atoms with Crippen molar-refractivity contribution in [2.24, 2.45) is 0 Å². The Kier molecular flexibility index (Phi) is 6.11. The number of nitrogens with zero attached hydrogens (tertiary/aromatic N) is 2. The number of aryl methyl sites for hydroxylation is 1. The second-order valence-corrected chi connectivity index (χ2v) is 3.75. The molecule has 0 saturated heterocycles. The van der Waals surface area contributed by atoms with Crippen molar-refractivity contribution in [1.29, 1.82) is 0 Å². The van der Waals surface area contributed by atoms with Crippen LogP contribution in [0, 0.1) is 0 Å². The van der Waals surface area contributed by atoms with Crippen LogP contribution in [0.2, 0.25) is 0 Å². The summed E-state index contributed by atoms with van der Waals surface area (Å²) in [6, 6.07) is 0.329. The van der Waals surface area contributed by atoms with Crippen LogP contribution in [-0.2, 0) is 11.3 Å². The van der Waals surface area contributed by atoms with Crippen molar-refractivity contribution in [2.75, 3.05) is 20.3 Å². The Hall–Kier alpha value is -0.870. The molecule has 0 aliphatic rings. The van der Waals surface area contributed by atoms with Crippen LogP contribution in [-0.4, -0.2) is 29.8 Å². The quantitative estimate of drug-likeness (QED) is 0.688. The lowest BCUT2D eigenvalue weighted by Crippen LogP contribution is -2.21. The normalized spacial score (nSPS) is 12.9. The molecule has 16 heavy (non-hydrogen) atoms. The molecule has 0 fully saturated rings. The predicted molar refractivity (Wildman–Crippen MR) is 65.4 cm³/mol. The summed E-state index contributed by atoms with van der Waals surface area (Å²) in [5.74, 6) is 1.13. The molecule has 1 heterocycles. The van der Waals surface area contributed by atoms with Gasteiger partial charge in [-0.15, -0.1) is 0 Å². The molecule has 0 saturated carbocycles. The fourth-order valence-electron chi connectivity index (χ4n) is 1.83. The van der Waals surface area contributed by atoms with E-state index in [4.69, 9.17) is 4.74 Å². The number of rotatable bonds is 8. The monoisotopic (exact) mass is 225 g/mol. The Labute approximate surface area is 98.0 Å². The molecule has 1 aromatic heterocycles. The highest BCUT2D eigenvalue weighted by Gasteiger charge is 2.13. The average Bonchev–Trinajstić information content (AvgIpc) is 2.77. The van der Waals surface area contributed by atoms with Crippen LogP contribution >= 0.6 is 0 Å². The van der Waals surface area contributed by atoms with Gasteiger partial charge < -0.3 is 14.6 Å². The fraction of sp³-hybridized carbons (Fsp3) is 0.750. The zero-order valence-corrected chi connectivity index (χ0v) is 10.6. The third-order valence-electron chi connectivity index (χ3n) is 2.73. The number of aromatic nitrogens is 2. The van der Waals surface area contributed by atoms with Gasteiger partial charge in [-0.05, 0) is 33.7 Å². The summed E-state index contributed by atoms with van der Waals surface area (Å²) in [6.07, 6.45) is 6.03. The summed E-state index contributed by atoms with van der Waals surface area (Å²) in [5.41, 5.74) is 0. The minimum absolute atomic E-state index is 0.329. The van der Waals surface area contributed by atoms with Gasteiger partial charge in [0.15, 0.2) is 0 Å². The number of hydrogen-bond donors (Lipinski definition) is 1. The number of imidazole rings is 1. The second kappa shape index (κ2) is 7.41. The number of nitrogens with one attached hydrogen (secondary N) is 1. The topological polar surface area (TPSA) is 39.1 Å². The zero-order valence-electron chi connectivity index (χ0n) is 10.6. The molecule has 1 atom stereocenters. The lowest BCUT2D eigenvalue weighted by molar-refractivity contribution is 0.140. The third kappa shape index (κ3) is 3.61. The van der Waals surface area contributed by atoms with E-state index < -0.39 is 0 Å². The summed E-state index contributed by atoms with van der Waals surface area (Å²) in [4.78, 5) is 4.42. The van der Waals surface area contributed by atoms with Gasteiger partial charge >= 0.3 is 0 Å². The predicted octanol–water partition coefficient (Wildman–Crippen LogP) is 1.98. The maximum atomic E-state index is 5.35. The summed E-state index contributed by atoms with van der Waals surface area (Å²) >= 11 is 0. The van der Waals surface area contributed by atoms with Gasteiger partial charge in [-0.25, -0.2) is 4.98 Å². The maximum absolute atomic E-state index is 5.35. The molecule has 1 rings (SSSR count). The summed E-state index contributed by atoms with van der Waals surface area (Å²) in [5, 5.41) is 3.32. The molecular formula is C12H23N3O. The maximum Gasteiger partial charge on any atom is 0.125 e. The first-order valence-electron chi connectivity index (χ1n) is 6.09. The van der Waals surface area contributed by atoms with Crippen molar-refractivity contribution in [1.82, 2.24) is 14.9 Å². The Morgan fingerprint density at radius 3 is 2.94 bits per heavy atom. The van der Waals surface area contributed by atoms with Gasteiger partial charge in [-0.3, -0.25) is 0 Å². The van der Waals surface area contributed by atoms with E-state index in [1.807, 2.05) is 26.4 Å². The molecule has 0 spiro atoms. The van der Waals surface area contributed by atoms with E-state index in [-0.39, 0.29) is 0 Å². The van der Waals surface area contributed by atoms with E-state index in [1.165, 1.54) is 0 Å². The highest BCUT2D eigenvalue weighted by Crippen LogP contribution is 2.16. The molecule has 92 valence electrons. The van der Waals surface area contributed by atoms with Crippen LogP contribution in [0.3, 0.4) is 0 Å². The molecule has 0 bridgehead atoms. The molecule has 4 nitrogen and oxygen atoms in total. The van der Waals surface area contributed by atoms with Crippen LogP contribution < -0.4 is 5.32 Å². The second-order valence-electron chi connectivity index (χ2n) is 3.75. The first-order valence-corrected chi connectivity index (χ1v) is 6.09. The molecule has 0 radical (unpaired) electrons. The Balaban J connectivity index is 2.47. The Bertz CT molecular complexity index is 286. The van der Waals surface area contributed by atoms with Gasteiger partial charge in [0.25, 0.3) is 0 Å². The van der Waals surface area contributed by atoms with Gasteiger partial charge in [0.05, 0.1) is 6.04 Å². The minimum atomic E-state index is 0.329. The summed E-state index contributed by atoms with van der Waals surface area (Å²) in [6.45, 7) is 6.77. The van der Waals surface area contributed by atoms with E-state index in [0.717, 1.165) is 38.4 Å². The van der Waals surface area contributed by atoms with Gasteiger partial charge in [-0.2, -0.15) is 0 Å². The lowest BCUT2D eigenvalue weighted by atomic mass is 10.1. The largest absolute Gasteiger partial charge is 0.382 e. The molecule has 0 aromatic carbocycles. The van der Waals surface area contributed by atoms with Crippen molar-refractivity contribution >= 4 is 0 Å². The Morgan fingerprint density at radius 1 is 1.50 bits per heavy atom. The fourth-order valence-corrected chi connectivity index (χ4v) is 1.83. The van der Waals surface area contributed by atoms with E-state index in [2.05, 4.69) is 21.8 Å². The number of ether oxygens (including phenoxy) is 1. The lowest BCUT2D eigenvalue weighted by Gasteiger charge is -2.16. The Morgan fingerprint density at radius 2 is 2.31 bits per heavy atom. The molecule has 0 amide bonds. The van der Waals surface area contributed by atoms with Crippen molar-refractivity contribution < 1.29 is 4.74 Å². The van der Waals surface area contributed by atoms with Gasteiger partial charge in [0.1, 0.15) is 5.82 Å². The molecule has 0 aliphatic heterocycles. The smallest absolute Gasteiger partial charge is 0.125 e. The van der Waals surface area contributed by atoms with Crippen molar-refractivity contribution in [3.8, 4) is 0 Å². The third-order valence-corrected chi connectivity index (χ3v) is 2.73. The molecular weight excluding hydrogens is 202 g/mol. The van der Waals surface area contributed by atoms with Crippen molar-refractivity contribution in [3.05, 3.63) is 18.2 Å². The van der Waals surface area contributed by atoms with Crippen LogP contribution in [0.25, 0.3) is 0 Å². The summed E-state index contributed by atoms with van der Waals surface area (Å²) < 4.78 is 7.53. The van der Waals surface area contributed by atoms with Crippen LogP contribution in [0.15, 0.2) is 12.4 Å². The zero-order chi connectivity index (χ0) is 11.8. The van der Waals surface area contributed by atoms with Crippen molar-refractivity contribution in [2.45, 2.75) is 39.3 Å². The first-order chi connectivity index (χ1) is 7.83. The SMILES string of the molecule is CCOCCCC(NC)c1nccn1CC. The average molecular weight is 225 g/mol. The van der Waals surface area contributed by atoms with E-state index in [0.29, 0.717) is 6.04 Å². The first kappa shape index (κ1) is 13.2. The van der Waals surface area contributed by atoms with Gasteiger partial charge in [0, 0.05) is 32.2 Å². The standard InChI is InChI=1S/C12H23N3O/c1-4-15-9-8-14-12(15)11(13-3)7-6-10-16-5-2/h8-9,11,13H,4-7,10H2,1-3H3. The van der Waals surface area contributed by atoms with E-state index in [1.54, 1.807) is 0 Å². The number of hydrogen-bond acceptors (Lipinski definition) is 3. The van der Waals surface area contributed by atoms with Gasteiger partial charge in [-0.1, -0.05) is 0 Å². The van der Waals surface area contributed by atoms with E-state index >= 15 is 0 Å². The molecule has 4 heteroatoms. The minimum Gasteiger partial charge on any atom is -0.382 e. The van der Waals surface area contributed by atoms with Crippen LogP contribution in [0.4, 0.5) is 0 Å². The van der Waals surface area contributed by atoms with Gasteiger partial charge in [0.2, 0.25) is 0 Å². The highest BCUT2D eigenvalue weighted by atomic mass is 16.5. The van der Waals surface area contributed by atoms with Crippen LogP contribution in [0.5, 0.6) is 0 Å². The van der Waals surface area contributed by atoms with Crippen LogP contribution in [0.1, 0.15) is 38.6 Å². The van der Waals surface area contributed by atoms with E-state index in [9.17, 15) is 0 Å². The van der Waals surface area contributed by atoms with Crippen molar-refractivity contribution in [3.63, 3.8) is 0 Å². The highest BCUT2D eigenvalue weighted by molar-refractivity contribution is 4.99. The molecule has 1 unspecified atom stereocenters.